The van der Waals surface area contributed by atoms with E-state index in [9.17, 15) is 4.79 Å². The van der Waals surface area contributed by atoms with Crippen molar-refractivity contribution in [3.05, 3.63) is 35.4 Å². The molecule has 0 spiro atoms. The summed E-state index contributed by atoms with van der Waals surface area (Å²) in [5, 5.41) is 0. The first-order valence-electron chi connectivity index (χ1n) is 6.37. The highest BCUT2D eigenvalue weighted by molar-refractivity contribution is 5.76. The van der Waals surface area contributed by atoms with E-state index in [1.165, 1.54) is 0 Å². The van der Waals surface area contributed by atoms with Crippen LogP contribution in [0.1, 0.15) is 31.9 Å². The first kappa shape index (κ1) is 15.7. The van der Waals surface area contributed by atoms with Crippen LogP contribution in [0.25, 0.3) is 0 Å². The normalized spacial score (nSPS) is 13.1. The van der Waals surface area contributed by atoms with Crippen LogP contribution < -0.4 is 5.73 Å². The molecule has 0 heterocycles. The van der Waals surface area contributed by atoms with Crippen molar-refractivity contribution < 1.29 is 14.3 Å². The molecule has 1 aromatic rings. The third-order valence-corrected chi connectivity index (χ3v) is 2.50. The minimum atomic E-state index is -0.632. The van der Waals surface area contributed by atoms with Gasteiger partial charge in [-0.15, -0.1) is 0 Å². The molecule has 2 N–H and O–H groups in total. The van der Waals surface area contributed by atoms with Crippen molar-refractivity contribution in [1.29, 1.82) is 0 Å². The molecule has 0 fully saturated rings. The van der Waals surface area contributed by atoms with Crippen LogP contribution in [0, 0.1) is 0 Å². The summed E-state index contributed by atoms with van der Waals surface area (Å²) in [5.74, 6) is -0.367. The van der Waals surface area contributed by atoms with Gasteiger partial charge in [0.25, 0.3) is 0 Å². The molecular formula is C15H23NO3. The Kier molecular flexibility index (Phi) is 5.51. The quantitative estimate of drug-likeness (QED) is 0.828. The minimum Gasteiger partial charge on any atom is -0.459 e. The Balaban J connectivity index is 2.56. The standard InChI is InChI=1S/C15H23NO3/c1-15(2,3)19-14(17)13(16)9-11-5-7-12(8-6-11)10-18-4/h5-8,13H,9-10,16H2,1-4H3/t13-/m0/s1. The number of carbonyl (C=O) groups is 1. The molecule has 0 unspecified atom stereocenters. The summed E-state index contributed by atoms with van der Waals surface area (Å²) < 4.78 is 10.3. The van der Waals surface area contributed by atoms with Gasteiger partial charge in [0.05, 0.1) is 6.61 Å². The molecule has 4 heteroatoms. The Morgan fingerprint density at radius 2 is 1.74 bits per heavy atom. The summed E-state index contributed by atoms with van der Waals surface area (Å²) >= 11 is 0. The predicted octanol–water partition coefficient (Wildman–Crippen LogP) is 2.04. The van der Waals surface area contributed by atoms with Crippen LogP contribution in [-0.2, 0) is 27.3 Å². The molecule has 0 saturated heterocycles. The minimum absolute atomic E-state index is 0.367. The van der Waals surface area contributed by atoms with Crippen LogP contribution in [0.4, 0.5) is 0 Å². The number of benzene rings is 1. The molecule has 0 aliphatic rings. The van der Waals surface area contributed by atoms with Crippen LogP contribution in [0.3, 0.4) is 0 Å². The van der Waals surface area contributed by atoms with Gasteiger partial charge in [0, 0.05) is 7.11 Å². The molecule has 0 saturated carbocycles. The first-order valence-corrected chi connectivity index (χ1v) is 6.37. The number of hydrogen-bond donors (Lipinski definition) is 1. The summed E-state index contributed by atoms with van der Waals surface area (Å²) in [4.78, 5) is 11.8. The molecule has 0 radical (unpaired) electrons. The summed E-state index contributed by atoms with van der Waals surface area (Å²) in [5.41, 5.74) is 7.46. The molecule has 1 rings (SSSR count). The summed E-state index contributed by atoms with van der Waals surface area (Å²) in [6.45, 7) is 6.07. The number of carbonyl (C=O) groups excluding carboxylic acids is 1. The highest BCUT2D eigenvalue weighted by atomic mass is 16.6. The van der Waals surface area contributed by atoms with Crippen molar-refractivity contribution in [3.8, 4) is 0 Å². The summed E-state index contributed by atoms with van der Waals surface area (Å²) in [6.07, 6.45) is 0.474. The van der Waals surface area contributed by atoms with Gasteiger partial charge in [0.1, 0.15) is 11.6 Å². The maximum absolute atomic E-state index is 11.8. The predicted molar refractivity (Wildman–Crippen MR) is 74.7 cm³/mol. The SMILES string of the molecule is COCc1ccc(C[C@H](N)C(=O)OC(C)(C)C)cc1. The van der Waals surface area contributed by atoms with E-state index in [1.807, 2.05) is 45.0 Å². The molecule has 0 aliphatic carbocycles. The van der Waals surface area contributed by atoms with Crippen molar-refractivity contribution in [2.45, 2.75) is 45.4 Å². The Hall–Kier alpha value is -1.39. The van der Waals surface area contributed by atoms with Crippen LogP contribution in [-0.4, -0.2) is 24.7 Å². The van der Waals surface area contributed by atoms with E-state index in [0.29, 0.717) is 13.0 Å². The van der Waals surface area contributed by atoms with E-state index in [4.69, 9.17) is 15.2 Å². The zero-order valence-electron chi connectivity index (χ0n) is 12.1. The Labute approximate surface area is 114 Å². The van der Waals surface area contributed by atoms with Gasteiger partial charge in [-0.25, -0.2) is 0 Å². The number of methoxy groups -OCH3 is 1. The lowest BCUT2D eigenvalue weighted by Gasteiger charge is -2.22. The molecular weight excluding hydrogens is 242 g/mol. The lowest BCUT2D eigenvalue weighted by atomic mass is 10.0. The molecule has 0 aromatic heterocycles. The molecule has 0 amide bonds. The molecule has 106 valence electrons. The van der Waals surface area contributed by atoms with E-state index >= 15 is 0 Å². The van der Waals surface area contributed by atoms with Crippen molar-refractivity contribution in [2.24, 2.45) is 5.73 Å². The molecule has 19 heavy (non-hydrogen) atoms. The largest absolute Gasteiger partial charge is 0.459 e. The fourth-order valence-corrected chi connectivity index (χ4v) is 1.65. The lowest BCUT2D eigenvalue weighted by Crippen LogP contribution is -2.38. The van der Waals surface area contributed by atoms with Crippen LogP contribution >= 0.6 is 0 Å². The molecule has 0 bridgehead atoms. The Bertz CT molecular complexity index is 406. The second-order valence-electron chi connectivity index (χ2n) is 5.59. The molecule has 4 nitrogen and oxygen atoms in total. The number of ether oxygens (including phenoxy) is 2. The van der Waals surface area contributed by atoms with Crippen LogP contribution in [0.2, 0.25) is 0 Å². The third-order valence-electron chi connectivity index (χ3n) is 2.50. The van der Waals surface area contributed by atoms with Gasteiger partial charge in [-0.3, -0.25) is 4.79 Å². The monoisotopic (exact) mass is 265 g/mol. The van der Waals surface area contributed by atoms with Gasteiger partial charge in [-0.2, -0.15) is 0 Å². The zero-order valence-corrected chi connectivity index (χ0v) is 12.1. The highest BCUT2D eigenvalue weighted by Gasteiger charge is 2.22. The lowest BCUT2D eigenvalue weighted by molar-refractivity contribution is -0.156. The average Bonchev–Trinajstić information content (AvgIpc) is 2.29. The van der Waals surface area contributed by atoms with Gasteiger partial charge in [-0.05, 0) is 38.3 Å². The maximum Gasteiger partial charge on any atom is 0.323 e. The number of rotatable bonds is 5. The molecule has 1 atom stereocenters. The molecule has 0 aliphatic heterocycles. The van der Waals surface area contributed by atoms with E-state index in [2.05, 4.69) is 0 Å². The summed E-state index contributed by atoms with van der Waals surface area (Å²) in [7, 11) is 1.66. The van der Waals surface area contributed by atoms with E-state index in [0.717, 1.165) is 11.1 Å². The van der Waals surface area contributed by atoms with Crippen molar-refractivity contribution in [1.82, 2.24) is 0 Å². The Morgan fingerprint density at radius 1 is 1.21 bits per heavy atom. The second kappa shape index (κ2) is 6.68. The summed E-state index contributed by atoms with van der Waals surface area (Å²) in [6, 6.07) is 7.23. The van der Waals surface area contributed by atoms with Crippen LogP contribution in [0.15, 0.2) is 24.3 Å². The smallest absolute Gasteiger partial charge is 0.323 e. The Morgan fingerprint density at radius 3 is 2.21 bits per heavy atom. The van der Waals surface area contributed by atoms with Gasteiger partial charge >= 0.3 is 5.97 Å². The van der Waals surface area contributed by atoms with Crippen molar-refractivity contribution in [2.75, 3.05) is 7.11 Å². The fourth-order valence-electron chi connectivity index (χ4n) is 1.65. The van der Waals surface area contributed by atoms with Gasteiger partial charge < -0.3 is 15.2 Å². The number of nitrogens with two attached hydrogens (primary N) is 1. The molecule has 1 aromatic carbocycles. The maximum atomic E-state index is 11.8. The van der Waals surface area contributed by atoms with E-state index < -0.39 is 11.6 Å². The highest BCUT2D eigenvalue weighted by Crippen LogP contribution is 2.11. The number of hydrogen-bond acceptors (Lipinski definition) is 4. The fraction of sp³-hybridized carbons (Fsp3) is 0.533. The van der Waals surface area contributed by atoms with E-state index in [-0.39, 0.29) is 5.97 Å². The van der Waals surface area contributed by atoms with Crippen molar-refractivity contribution in [3.63, 3.8) is 0 Å². The third kappa shape index (κ3) is 5.85. The van der Waals surface area contributed by atoms with Gasteiger partial charge in [0.15, 0.2) is 0 Å². The topological polar surface area (TPSA) is 61.5 Å². The second-order valence-corrected chi connectivity index (χ2v) is 5.59. The van der Waals surface area contributed by atoms with Gasteiger partial charge in [-0.1, -0.05) is 24.3 Å². The first-order chi connectivity index (χ1) is 8.81. The average molecular weight is 265 g/mol. The van der Waals surface area contributed by atoms with Gasteiger partial charge in [0.2, 0.25) is 0 Å². The van der Waals surface area contributed by atoms with Crippen LogP contribution in [0.5, 0.6) is 0 Å². The zero-order chi connectivity index (χ0) is 14.5. The van der Waals surface area contributed by atoms with Crippen molar-refractivity contribution >= 4 is 5.97 Å². The number of esters is 1. The van der Waals surface area contributed by atoms with E-state index in [1.54, 1.807) is 7.11 Å².